The monoisotopic (exact) mass is 417 g/mol. The third-order valence-corrected chi connectivity index (χ3v) is 5.35. The molecular formula is C19H20ClN5O2S. The minimum atomic E-state index is -0.399. The van der Waals surface area contributed by atoms with Crippen LogP contribution in [0, 0.1) is 0 Å². The number of amides is 1. The number of carbonyl (C=O) groups excluding carboxylic acids is 1. The number of nitrogens with one attached hydrogen (secondary N) is 1. The summed E-state index contributed by atoms with van der Waals surface area (Å²) < 4.78 is 6.72. The fraction of sp³-hybridized carbons (Fsp3) is 0.211. The van der Waals surface area contributed by atoms with Crippen LogP contribution in [0.15, 0.2) is 53.7 Å². The van der Waals surface area contributed by atoms with Gasteiger partial charge in [-0.2, -0.15) is 0 Å². The number of hydrogen-bond donors (Lipinski definition) is 2. The first kappa shape index (κ1) is 20.0. The average molecular weight is 418 g/mol. The molecular weight excluding hydrogens is 398 g/mol. The molecule has 0 aliphatic heterocycles. The molecule has 3 N–H and O–H groups in total. The Morgan fingerprint density at radius 3 is 2.68 bits per heavy atom. The first-order valence-corrected chi connectivity index (χ1v) is 9.78. The maximum Gasteiger partial charge on any atom is 0.233 e. The molecule has 0 fully saturated rings. The summed E-state index contributed by atoms with van der Waals surface area (Å²) in [6, 6.07) is 14.7. The Balaban J connectivity index is 1.65. The smallest absolute Gasteiger partial charge is 0.233 e. The second kappa shape index (κ2) is 8.99. The van der Waals surface area contributed by atoms with Crippen molar-refractivity contribution in [1.82, 2.24) is 20.2 Å². The third-order valence-electron chi connectivity index (χ3n) is 4.04. The Labute approximate surface area is 172 Å². The maximum absolute atomic E-state index is 12.4. The van der Waals surface area contributed by atoms with Crippen LogP contribution in [-0.4, -0.2) is 33.1 Å². The SMILES string of the molecule is COc1ccccc1-c1nnc(SC(C)C(=O)NCc2ccc(Cl)cc2)n1N. The van der Waals surface area contributed by atoms with E-state index in [1.54, 1.807) is 26.2 Å². The van der Waals surface area contributed by atoms with Gasteiger partial charge in [0, 0.05) is 11.6 Å². The summed E-state index contributed by atoms with van der Waals surface area (Å²) in [6.45, 7) is 2.21. The van der Waals surface area contributed by atoms with E-state index in [9.17, 15) is 4.79 Å². The van der Waals surface area contributed by atoms with E-state index >= 15 is 0 Å². The molecule has 0 aliphatic rings. The Bertz CT molecular complexity index is 961. The standard InChI is InChI=1S/C19H20ClN5O2S/c1-12(18(26)22-11-13-7-9-14(20)10-8-13)28-19-24-23-17(25(19)21)15-5-3-4-6-16(15)27-2/h3-10,12H,11,21H2,1-2H3,(H,22,26). The number of ether oxygens (including phenoxy) is 1. The number of carbonyl (C=O) groups is 1. The fourth-order valence-corrected chi connectivity index (χ4v) is 3.44. The number of thioether (sulfide) groups is 1. The van der Waals surface area contributed by atoms with Crippen LogP contribution in [0.25, 0.3) is 11.4 Å². The molecule has 1 aromatic heterocycles. The fourth-order valence-electron chi connectivity index (χ4n) is 2.52. The molecule has 1 heterocycles. The number of rotatable bonds is 7. The van der Waals surface area contributed by atoms with Gasteiger partial charge in [0.2, 0.25) is 11.1 Å². The molecule has 0 saturated carbocycles. The van der Waals surface area contributed by atoms with Crippen LogP contribution in [0.1, 0.15) is 12.5 Å². The summed E-state index contributed by atoms with van der Waals surface area (Å²) in [4.78, 5) is 12.4. The average Bonchev–Trinajstić information content (AvgIpc) is 3.07. The molecule has 0 aliphatic carbocycles. The number of nitrogens with zero attached hydrogens (tertiary/aromatic N) is 3. The van der Waals surface area contributed by atoms with Crippen molar-refractivity contribution in [3.05, 3.63) is 59.1 Å². The van der Waals surface area contributed by atoms with Crippen LogP contribution in [0.4, 0.5) is 0 Å². The molecule has 0 spiro atoms. The van der Waals surface area contributed by atoms with Gasteiger partial charge in [-0.3, -0.25) is 4.79 Å². The number of aromatic nitrogens is 3. The van der Waals surface area contributed by atoms with Gasteiger partial charge in [-0.05, 0) is 36.8 Å². The Morgan fingerprint density at radius 2 is 1.96 bits per heavy atom. The molecule has 1 unspecified atom stereocenters. The van der Waals surface area contributed by atoms with Gasteiger partial charge in [-0.1, -0.05) is 47.6 Å². The first-order valence-electron chi connectivity index (χ1n) is 8.52. The van der Waals surface area contributed by atoms with Crippen molar-refractivity contribution < 1.29 is 9.53 Å². The first-order chi connectivity index (χ1) is 13.5. The number of halogens is 1. The lowest BCUT2D eigenvalue weighted by Gasteiger charge is -2.12. The molecule has 9 heteroatoms. The summed E-state index contributed by atoms with van der Waals surface area (Å²) >= 11 is 7.10. The van der Waals surface area contributed by atoms with Crippen molar-refractivity contribution in [2.45, 2.75) is 23.9 Å². The summed E-state index contributed by atoms with van der Waals surface area (Å²) in [5.74, 6) is 7.15. The third kappa shape index (κ3) is 4.58. The van der Waals surface area contributed by atoms with E-state index in [0.717, 1.165) is 11.1 Å². The van der Waals surface area contributed by atoms with Crippen molar-refractivity contribution in [3.8, 4) is 17.1 Å². The van der Waals surface area contributed by atoms with Crippen molar-refractivity contribution in [3.63, 3.8) is 0 Å². The molecule has 3 rings (SSSR count). The van der Waals surface area contributed by atoms with Crippen molar-refractivity contribution in [2.75, 3.05) is 13.0 Å². The number of methoxy groups -OCH3 is 1. The molecule has 3 aromatic rings. The highest BCUT2D eigenvalue weighted by Crippen LogP contribution is 2.30. The topological polar surface area (TPSA) is 95.1 Å². The number of nitrogens with two attached hydrogens (primary N) is 1. The molecule has 0 radical (unpaired) electrons. The predicted molar refractivity (Wildman–Crippen MR) is 111 cm³/mol. The van der Waals surface area contributed by atoms with Gasteiger partial charge in [0.15, 0.2) is 5.82 Å². The zero-order valence-electron chi connectivity index (χ0n) is 15.4. The number of hydrogen-bond acceptors (Lipinski definition) is 6. The molecule has 146 valence electrons. The van der Waals surface area contributed by atoms with E-state index in [4.69, 9.17) is 22.2 Å². The van der Waals surface area contributed by atoms with E-state index in [0.29, 0.717) is 28.3 Å². The van der Waals surface area contributed by atoms with Crippen LogP contribution in [0.2, 0.25) is 5.02 Å². The minimum Gasteiger partial charge on any atom is -0.496 e. The van der Waals surface area contributed by atoms with Crippen LogP contribution in [-0.2, 0) is 11.3 Å². The second-order valence-electron chi connectivity index (χ2n) is 5.98. The van der Waals surface area contributed by atoms with Crippen LogP contribution < -0.4 is 15.9 Å². The van der Waals surface area contributed by atoms with E-state index in [1.165, 1.54) is 16.4 Å². The van der Waals surface area contributed by atoms with Gasteiger partial charge in [0.25, 0.3) is 0 Å². The molecule has 0 saturated heterocycles. The van der Waals surface area contributed by atoms with Crippen LogP contribution in [0.3, 0.4) is 0 Å². The molecule has 28 heavy (non-hydrogen) atoms. The zero-order chi connectivity index (χ0) is 20.1. The summed E-state index contributed by atoms with van der Waals surface area (Å²) in [6.07, 6.45) is 0. The number of nitrogen functional groups attached to an aromatic ring is 1. The summed E-state index contributed by atoms with van der Waals surface area (Å²) in [7, 11) is 1.58. The highest BCUT2D eigenvalue weighted by atomic mass is 35.5. The predicted octanol–water partition coefficient (Wildman–Crippen LogP) is 3.12. The number of para-hydroxylation sites is 1. The zero-order valence-corrected chi connectivity index (χ0v) is 17.0. The quantitative estimate of drug-likeness (QED) is 0.453. The molecule has 1 amide bonds. The molecule has 1 atom stereocenters. The lowest BCUT2D eigenvalue weighted by molar-refractivity contribution is -0.120. The van der Waals surface area contributed by atoms with Crippen molar-refractivity contribution in [1.29, 1.82) is 0 Å². The summed E-state index contributed by atoms with van der Waals surface area (Å²) in [5, 5.41) is 11.9. The largest absolute Gasteiger partial charge is 0.496 e. The normalized spacial score (nSPS) is 11.8. The molecule has 7 nitrogen and oxygen atoms in total. The van der Waals surface area contributed by atoms with Crippen LogP contribution >= 0.6 is 23.4 Å². The highest BCUT2D eigenvalue weighted by molar-refractivity contribution is 8.00. The molecule has 0 bridgehead atoms. The van der Waals surface area contributed by atoms with Gasteiger partial charge < -0.3 is 15.9 Å². The Morgan fingerprint density at radius 1 is 1.25 bits per heavy atom. The minimum absolute atomic E-state index is 0.123. The van der Waals surface area contributed by atoms with Crippen molar-refractivity contribution >= 4 is 29.3 Å². The highest BCUT2D eigenvalue weighted by Gasteiger charge is 2.21. The molecule has 2 aromatic carbocycles. The van der Waals surface area contributed by atoms with Gasteiger partial charge in [0.05, 0.1) is 17.9 Å². The second-order valence-corrected chi connectivity index (χ2v) is 7.73. The Hall–Kier alpha value is -2.71. The van der Waals surface area contributed by atoms with Crippen molar-refractivity contribution in [2.24, 2.45) is 0 Å². The van der Waals surface area contributed by atoms with Gasteiger partial charge in [0.1, 0.15) is 5.75 Å². The summed E-state index contributed by atoms with van der Waals surface area (Å²) in [5.41, 5.74) is 1.70. The van der Waals surface area contributed by atoms with E-state index in [-0.39, 0.29) is 5.91 Å². The van der Waals surface area contributed by atoms with E-state index in [1.807, 2.05) is 36.4 Å². The van der Waals surface area contributed by atoms with Gasteiger partial charge in [-0.15, -0.1) is 10.2 Å². The van der Waals surface area contributed by atoms with E-state index in [2.05, 4.69) is 15.5 Å². The van der Waals surface area contributed by atoms with Gasteiger partial charge >= 0.3 is 0 Å². The Kier molecular flexibility index (Phi) is 6.43. The maximum atomic E-state index is 12.4. The van der Waals surface area contributed by atoms with Gasteiger partial charge in [-0.25, -0.2) is 4.68 Å². The number of benzene rings is 2. The lowest BCUT2D eigenvalue weighted by atomic mass is 10.2. The van der Waals surface area contributed by atoms with Crippen LogP contribution in [0.5, 0.6) is 5.75 Å². The lowest BCUT2D eigenvalue weighted by Crippen LogP contribution is -2.30. The van der Waals surface area contributed by atoms with E-state index < -0.39 is 5.25 Å².